The molecule has 1 amide bonds. The zero-order valence-corrected chi connectivity index (χ0v) is 32.0. The van der Waals surface area contributed by atoms with Crippen LogP contribution in [0.1, 0.15) is 219 Å². The summed E-state index contributed by atoms with van der Waals surface area (Å²) in [4.78, 5) is 12.5. The molecule has 48 heavy (non-hydrogen) atoms. The summed E-state index contributed by atoms with van der Waals surface area (Å²) in [6.07, 6.45) is 39.6. The van der Waals surface area contributed by atoms with Crippen molar-refractivity contribution in [3.8, 4) is 0 Å². The molecule has 0 heterocycles. The number of hydrogen-bond acceptors (Lipinski definition) is 5. The van der Waals surface area contributed by atoms with Crippen LogP contribution in [0.4, 0.5) is 0 Å². The molecule has 0 spiro atoms. The van der Waals surface area contributed by atoms with Crippen LogP contribution < -0.4 is 5.32 Å². The van der Waals surface area contributed by atoms with Crippen molar-refractivity contribution in [2.75, 3.05) is 6.61 Å². The van der Waals surface area contributed by atoms with Crippen molar-refractivity contribution in [2.45, 2.75) is 244 Å². The average Bonchev–Trinajstić information content (AvgIpc) is 3.09. The van der Waals surface area contributed by atoms with E-state index in [2.05, 4.69) is 31.3 Å². The van der Waals surface area contributed by atoms with Crippen molar-refractivity contribution in [2.24, 2.45) is 0 Å². The van der Waals surface area contributed by atoms with Crippen LogP contribution in [0.5, 0.6) is 0 Å². The van der Waals surface area contributed by atoms with Gasteiger partial charge in [-0.2, -0.15) is 0 Å². The topological polar surface area (TPSA) is 110 Å². The van der Waals surface area contributed by atoms with E-state index in [9.17, 15) is 25.2 Å². The van der Waals surface area contributed by atoms with Gasteiger partial charge in [0.25, 0.3) is 0 Å². The highest BCUT2D eigenvalue weighted by Crippen LogP contribution is 2.16. The number of allylic oxidation sites excluding steroid dienone is 2. The summed E-state index contributed by atoms with van der Waals surface area (Å²) < 4.78 is 0. The minimum Gasteiger partial charge on any atom is -0.394 e. The van der Waals surface area contributed by atoms with Crippen molar-refractivity contribution >= 4 is 5.91 Å². The fourth-order valence-electron chi connectivity index (χ4n) is 6.58. The molecule has 4 atom stereocenters. The Morgan fingerprint density at radius 2 is 0.854 bits per heavy atom. The summed E-state index contributed by atoms with van der Waals surface area (Å²) in [5, 5.41) is 43.5. The molecule has 6 nitrogen and oxygen atoms in total. The molecule has 0 rings (SSSR count). The number of carbonyl (C=O) groups excluding carboxylic acids is 1. The molecule has 286 valence electrons. The number of hydrogen-bond donors (Lipinski definition) is 5. The number of rotatable bonds is 38. The monoisotopic (exact) mass is 682 g/mol. The van der Waals surface area contributed by atoms with Crippen LogP contribution in [0.25, 0.3) is 0 Å². The molecular weight excluding hydrogens is 598 g/mol. The van der Waals surface area contributed by atoms with Gasteiger partial charge in [0.2, 0.25) is 5.91 Å². The van der Waals surface area contributed by atoms with E-state index in [0.29, 0.717) is 12.8 Å². The minimum atomic E-state index is -1.28. The third-order valence-corrected chi connectivity index (χ3v) is 9.98. The first-order valence-corrected chi connectivity index (χ1v) is 21.1. The van der Waals surface area contributed by atoms with Crippen LogP contribution in [0.2, 0.25) is 0 Å². The predicted molar refractivity (Wildman–Crippen MR) is 205 cm³/mol. The van der Waals surface area contributed by atoms with E-state index in [1.807, 2.05) is 0 Å². The number of aliphatic hydroxyl groups is 4. The molecule has 0 aliphatic carbocycles. The molecule has 0 saturated heterocycles. The fraction of sp³-hybridized carbons (Fsp3) is 0.929. The van der Waals surface area contributed by atoms with Crippen LogP contribution in [0.15, 0.2) is 12.2 Å². The van der Waals surface area contributed by atoms with Crippen molar-refractivity contribution < 1.29 is 25.2 Å². The zero-order valence-electron chi connectivity index (χ0n) is 32.0. The van der Waals surface area contributed by atoms with Gasteiger partial charge in [0.15, 0.2) is 0 Å². The van der Waals surface area contributed by atoms with Crippen molar-refractivity contribution in [3.05, 3.63) is 12.2 Å². The lowest BCUT2D eigenvalue weighted by Gasteiger charge is -2.27. The van der Waals surface area contributed by atoms with Crippen LogP contribution in [-0.2, 0) is 4.79 Å². The molecular formula is C42H83NO5. The standard InChI is InChI=1S/C42H83NO5/c1-3-5-7-9-11-13-15-17-18-19-20-21-22-23-24-26-28-30-32-34-36-40(46)42(48)43-38(37-44)41(47)39(45)35-33-31-29-27-25-16-14-12-10-8-6-4-2/h27,29,38-41,44-47H,3-26,28,30-37H2,1-2H3,(H,43,48)/b29-27+/t38-,39-,40-,41+/m1/s1. The number of unbranched alkanes of at least 4 members (excludes halogenated alkanes) is 27. The molecule has 0 bridgehead atoms. The van der Waals surface area contributed by atoms with Gasteiger partial charge in [-0.25, -0.2) is 0 Å². The normalized spacial score (nSPS) is 14.4. The van der Waals surface area contributed by atoms with Gasteiger partial charge in [0, 0.05) is 0 Å². The van der Waals surface area contributed by atoms with Crippen LogP contribution in [-0.4, -0.2) is 57.3 Å². The molecule has 0 aromatic heterocycles. The molecule has 0 radical (unpaired) electrons. The maximum atomic E-state index is 12.5. The minimum absolute atomic E-state index is 0.368. The summed E-state index contributed by atoms with van der Waals surface area (Å²) in [5.41, 5.74) is 0. The average molecular weight is 682 g/mol. The Morgan fingerprint density at radius 1 is 0.500 bits per heavy atom. The van der Waals surface area contributed by atoms with Gasteiger partial charge in [-0.15, -0.1) is 0 Å². The smallest absolute Gasteiger partial charge is 0.249 e. The van der Waals surface area contributed by atoms with Crippen LogP contribution in [0, 0.1) is 0 Å². The summed E-state index contributed by atoms with van der Waals surface area (Å²) in [6.45, 7) is 4.03. The first-order valence-electron chi connectivity index (χ1n) is 21.1. The second-order valence-electron chi connectivity index (χ2n) is 14.7. The van der Waals surface area contributed by atoms with E-state index in [1.165, 1.54) is 154 Å². The summed E-state index contributed by atoms with van der Waals surface area (Å²) in [7, 11) is 0. The van der Waals surface area contributed by atoms with Gasteiger partial charge in [0.05, 0.1) is 18.8 Å². The van der Waals surface area contributed by atoms with E-state index < -0.39 is 36.9 Å². The molecule has 0 fully saturated rings. The van der Waals surface area contributed by atoms with Crippen molar-refractivity contribution in [1.82, 2.24) is 5.32 Å². The van der Waals surface area contributed by atoms with E-state index in [1.54, 1.807) is 0 Å². The Labute approximate surface area is 298 Å². The largest absolute Gasteiger partial charge is 0.394 e. The Kier molecular flexibility index (Phi) is 36.6. The quantitative estimate of drug-likeness (QED) is 0.0329. The lowest BCUT2D eigenvalue weighted by Crippen LogP contribution is -2.53. The van der Waals surface area contributed by atoms with Crippen LogP contribution >= 0.6 is 0 Å². The third kappa shape index (κ3) is 31.1. The Morgan fingerprint density at radius 3 is 1.25 bits per heavy atom. The second-order valence-corrected chi connectivity index (χ2v) is 14.7. The number of aliphatic hydroxyl groups excluding tert-OH is 4. The first kappa shape index (κ1) is 47.0. The summed E-state index contributed by atoms with van der Waals surface area (Å²) in [6, 6.07) is -0.995. The van der Waals surface area contributed by atoms with Crippen molar-refractivity contribution in [1.29, 1.82) is 0 Å². The van der Waals surface area contributed by atoms with Crippen LogP contribution in [0.3, 0.4) is 0 Å². The SMILES string of the molecule is CCCCCCCCC/C=C/CCC[C@@H](O)[C@@H](O)[C@@H](CO)NC(=O)[C@H](O)CCCCCCCCCCCCCCCCCCCCCC. The molecule has 5 N–H and O–H groups in total. The van der Waals surface area contributed by atoms with E-state index in [4.69, 9.17) is 0 Å². The van der Waals surface area contributed by atoms with E-state index in [0.717, 1.165) is 38.5 Å². The molecule has 0 aromatic rings. The maximum Gasteiger partial charge on any atom is 0.249 e. The lowest BCUT2D eigenvalue weighted by molar-refractivity contribution is -0.132. The predicted octanol–water partition coefficient (Wildman–Crippen LogP) is 10.6. The second kappa shape index (κ2) is 37.3. The third-order valence-electron chi connectivity index (χ3n) is 9.98. The van der Waals surface area contributed by atoms with E-state index >= 15 is 0 Å². The van der Waals surface area contributed by atoms with Gasteiger partial charge in [-0.05, 0) is 38.5 Å². The Balaban J connectivity index is 3.73. The number of carbonyl (C=O) groups is 1. The molecule has 0 aliphatic heterocycles. The number of nitrogens with one attached hydrogen (secondary N) is 1. The lowest BCUT2D eigenvalue weighted by atomic mass is 10.00. The van der Waals surface area contributed by atoms with Crippen molar-refractivity contribution in [3.63, 3.8) is 0 Å². The fourth-order valence-corrected chi connectivity index (χ4v) is 6.58. The highest BCUT2D eigenvalue weighted by atomic mass is 16.3. The summed E-state index contributed by atoms with van der Waals surface area (Å²) in [5.74, 6) is -0.591. The molecule has 0 saturated carbocycles. The molecule has 0 aromatic carbocycles. The Bertz CT molecular complexity index is 687. The van der Waals surface area contributed by atoms with E-state index in [-0.39, 0.29) is 0 Å². The highest BCUT2D eigenvalue weighted by Gasteiger charge is 2.28. The Hall–Kier alpha value is -0.950. The van der Waals surface area contributed by atoms with Gasteiger partial charge < -0.3 is 25.7 Å². The molecule has 0 unspecified atom stereocenters. The summed E-state index contributed by atoms with van der Waals surface area (Å²) >= 11 is 0. The molecule has 6 heteroatoms. The van der Waals surface area contributed by atoms with Gasteiger partial charge >= 0.3 is 0 Å². The van der Waals surface area contributed by atoms with Gasteiger partial charge in [0.1, 0.15) is 12.2 Å². The maximum absolute atomic E-state index is 12.5. The van der Waals surface area contributed by atoms with Gasteiger partial charge in [-0.1, -0.05) is 193 Å². The van der Waals surface area contributed by atoms with Gasteiger partial charge in [-0.3, -0.25) is 4.79 Å². The number of amides is 1. The first-order chi connectivity index (χ1) is 23.5. The zero-order chi connectivity index (χ0) is 35.3. The highest BCUT2D eigenvalue weighted by molar-refractivity contribution is 5.80. The molecule has 0 aliphatic rings.